The summed E-state index contributed by atoms with van der Waals surface area (Å²) in [5, 5.41) is 0. The number of rotatable bonds is 18. The zero-order chi connectivity index (χ0) is 50.8. The molecule has 2 aliphatic heterocycles. The second kappa shape index (κ2) is 39.3. The molecule has 0 saturated carbocycles. The van der Waals surface area contributed by atoms with E-state index < -0.39 is 41.6 Å². The molecule has 1 aromatic heterocycles. The Kier molecular flexibility index (Phi) is 45.9. The quantitative estimate of drug-likeness (QED) is 0.0570. The van der Waals surface area contributed by atoms with Crippen molar-refractivity contribution in [2.45, 2.75) is 119 Å². The summed E-state index contributed by atoms with van der Waals surface area (Å²) in [4.78, 5) is 13.9. The summed E-state index contributed by atoms with van der Waals surface area (Å²) in [7, 11) is -16.0. The van der Waals surface area contributed by atoms with Crippen molar-refractivity contribution in [1.82, 2.24) is 28.4 Å². The molecule has 3 heterocycles. The Morgan fingerprint density at radius 3 is 1.04 bits per heavy atom. The zero-order valence-corrected chi connectivity index (χ0v) is 50.4. The third-order valence-electron chi connectivity index (χ3n) is 8.37. The predicted molar refractivity (Wildman–Crippen MR) is 260 cm³/mol. The van der Waals surface area contributed by atoms with Crippen LogP contribution in [0.25, 0.3) is 4.13 Å². The Bertz CT molecular complexity index is 1830. The van der Waals surface area contributed by atoms with E-state index in [9.17, 15) is 49.2 Å². The largest absolute Gasteiger partial charge is 1.00 e. The van der Waals surface area contributed by atoms with E-state index in [2.05, 4.69) is 163 Å². The van der Waals surface area contributed by atoms with E-state index in [0.29, 0.717) is 36.3 Å². The van der Waals surface area contributed by atoms with Gasteiger partial charge in [0, 0.05) is 68.1 Å². The molecule has 67 heavy (non-hydrogen) atoms. The molecule has 0 radical (unpaired) electrons. The molecule has 0 aromatic carbocycles. The molecule has 0 bridgehead atoms. The van der Waals surface area contributed by atoms with Crippen LogP contribution < -0.4 is 65.3 Å². The summed E-state index contributed by atoms with van der Waals surface area (Å²) in [6.07, 6.45) is 18.4. The number of aromatic nitrogens is 2. The molecule has 3 N–H and O–H groups in total. The molecular formula is C36H77Cl3F4KN11O8S4+4. The Morgan fingerprint density at radius 2 is 0.925 bits per heavy atom. The normalized spacial score (nSPS) is 15.5. The van der Waals surface area contributed by atoms with Gasteiger partial charge in [-0.1, -0.05) is 11.9 Å². The van der Waals surface area contributed by atoms with Crippen molar-refractivity contribution in [1.29, 1.82) is 0 Å². The van der Waals surface area contributed by atoms with Crippen molar-refractivity contribution >= 4 is 90.7 Å². The Balaban J connectivity index is -0.000000169. The Labute approximate surface area is 460 Å². The summed E-state index contributed by atoms with van der Waals surface area (Å²) in [5.41, 5.74) is 0. The van der Waals surface area contributed by atoms with Gasteiger partial charge < -0.3 is 8.69 Å². The first-order valence-corrected chi connectivity index (χ1v) is 26.2. The molecule has 0 amide bonds. The monoisotopic (exact) mass is 1140 g/mol. The number of hydrogen-bond acceptors (Lipinski definition) is 12. The SMILES string of the molecule is CC(C)N(CCCl)C(C)C.CC(C)N(CC[N+]1=C[NH+](C)C=C1)C(C)C.CC(C)N(CC[N+]1=C[NH+](C)C=C1)C(C)C.Cl.Cl.Cn1ccnc1.O=S(=O)(F)NS(=O)(=O)F.O=S(=O)(F)[N-]S(=O)(=O)F.[K+]. The Morgan fingerprint density at radius 1 is 0.627 bits per heavy atom. The van der Waals surface area contributed by atoms with Crippen molar-refractivity contribution in [3.05, 3.63) is 47.6 Å². The number of aryl methyl sites for hydroxylation is 1. The number of alkyl halides is 1. The van der Waals surface area contributed by atoms with Crippen molar-refractivity contribution in [3.63, 3.8) is 0 Å². The van der Waals surface area contributed by atoms with Gasteiger partial charge in [-0.25, -0.2) is 31.6 Å². The van der Waals surface area contributed by atoms with Crippen LogP contribution in [-0.4, -0.2) is 169 Å². The van der Waals surface area contributed by atoms with Gasteiger partial charge in [0.15, 0.2) is 25.5 Å². The summed E-state index contributed by atoms with van der Waals surface area (Å²) in [6.45, 7) is 32.4. The van der Waals surface area contributed by atoms with Gasteiger partial charge >= 0.3 is 84.9 Å². The maximum Gasteiger partial charge on any atom is 1.00 e. The topological polar surface area (TPSA) is 205 Å². The van der Waals surface area contributed by atoms with Crippen LogP contribution in [0.3, 0.4) is 0 Å². The molecule has 2 unspecified atom stereocenters. The summed E-state index contributed by atoms with van der Waals surface area (Å²) < 4.78 is 126. The van der Waals surface area contributed by atoms with Gasteiger partial charge in [0.25, 0.3) is 0 Å². The van der Waals surface area contributed by atoms with E-state index in [4.69, 9.17) is 11.6 Å². The molecule has 0 saturated heterocycles. The van der Waals surface area contributed by atoms with E-state index in [1.807, 2.05) is 17.8 Å². The minimum absolute atomic E-state index is 0. The standard InChI is InChI=1S/2C12H24N3.C8H18ClN.C4H6N2.2ClH.F2HNO4S2.F2NO4S2.K/c2*1-11(2)15(12(3)4)9-8-14-7-6-13(5)10-14;1-7(2)10(6-5-9)8(3)4;1-6-3-2-5-4-6;;;2*1-8(4,5)3-9(2,6)7;/h2*6-7,10-12H,8-9H2,1-5H3;7-8H,5-6H2,1-4H3;2-4H,1H3;2*1H;3H;;/q2*+1;;;;;;-1;+1/p+2. The number of halogens is 7. The second-order valence-corrected chi connectivity index (χ2v) is 20.9. The summed E-state index contributed by atoms with van der Waals surface area (Å²) in [5.74, 6) is 0.732. The summed E-state index contributed by atoms with van der Waals surface area (Å²) >= 11 is 5.64. The molecule has 0 spiro atoms. The van der Waals surface area contributed by atoms with E-state index in [1.54, 1.807) is 12.5 Å². The van der Waals surface area contributed by atoms with Crippen LogP contribution in [0.2, 0.25) is 0 Å². The number of nitrogens with one attached hydrogen (secondary N) is 3. The molecule has 2 atom stereocenters. The predicted octanol–water partition coefficient (Wildman–Crippen LogP) is -0.304. The minimum atomic E-state index is -5.62. The van der Waals surface area contributed by atoms with Gasteiger partial charge in [0.1, 0.15) is 0 Å². The van der Waals surface area contributed by atoms with Gasteiger partial charge in [0.05, 0.1) is 33.5 Å². The molecule has 394 valence electrons. The average molecular weight is 1140 g/mol. The molecule has 31 heteroatoms. The van der Waals surface area contributed by atoms with E-state index in [0.717, 1.165) is 42.7 Å². The maximum atomic E-state index is 11.1. The van der Waals surface area contributed by atoms with E-state index in [-0.39, 0.29) is 80.3 Å². The van der Waals surface area contributed by atoms with E-state index in [1.165, 1.54) is 9.80 Å². The van der Waals surface area contributed by atoms with Gasteiger partial charge in [0.2, 0.25) is 33.2 Å². The smallest absolute Gasteiger partial charge is 0.379 e. The molecule has 2 aliphatic rings. The van der Waals surface area contributed by atoms with Crippen LogP contribution >= 0.6 is 36.4 Å². The van der Waals surface area contributed by atoms with Crippen molar-refractivity contribution in [2.24, 2.45) is 7.05 Å². The van der Waals surface area contributed by atoms with Crippen molar-refractivity contribution in [2.75, 3.05) is 52.7 Å². The van der Waals surface area contributed by atoms with Crippen LogP contribution in [-0.2, 0) is 48.7 Å². The number of hydrogen-bond donors (Lipinski definition) is 3. The minimum Gasteiger partial charge on any atom is -0.379 e. The molecule has 0 aliphatic carbocycles. The molecular weight excluding hydrogens is 1060 g/mol. The first-order valence-electron chi connectivity index (χ1n) is 20.2. The molecule has 1 aromatic rings. The van der Waals surface area contributed by atoms with Gasteiger partial charge in [-0.2, -0.15) is 26.0 Å². The zero-order valence-electron chi connectivity index (χ0n) is 41.6. The second-order valence-electron chi connectivity index (χ2n) is 15.9. The molecule has 0 fully saturated rings. The number of quaternary nitrogens is 2. The van der Waals surface area contributed by atoms with E-state index >= 15 is 0 Å². The maximum absolute atomic E-state index is 11.1. The fraction of sp³-hybridized carbons (Fsp3) is 0.750. The fourth-order valence-electron chi connectivity index (χ4n) is 5.85. The van der Waals surface area contributed by atoms with Crippen LogP contribution in [0.4, 0.5) is 15.5 Å². The van der Waals surface area contributed by atoms with Crippen molar-refractivity contribution in [3.8, 4) is 0 Å². The Hall–Kier alpha value is -0.224. The fourth-order valence-corrected chi connectivity index (χ4v) is 7.85. The molecule has 19 nitrogen and oxygen atoms in total. The van der Waals surface area contributed by atoms with Gasteiger partial charge in [-0.3, -0.25) is 14.7 Å². The van der Waals surface area contributed by atoms with Crippen LogP contribution in [0.1, 0.15) is 83.1 Å². The molecule has 3 rings (SSSR count). The number of imidazole rings is 1. The van der Waals surface area contributed by atoms with Crippen LogP contribution in [0, 0.1) is 0 Å². The summed E-state index contributed by atoms with van der Waals surface area (Å²) in [6, 6.07) is 3.73. The first-order chi connectivity index (χ1) is 28.9. The van der Waals surface area contributed by atoms with Gasteiger partial charge in [-0.05, 0) is 83.1 Å². The van der Waals surface area contributed by atoms with Crippen LogP contribution in [0.5, 0.6) is 0 Å². The first kappa shape index (κ1) is 78.2. The third kappa shape index (κ3) is 49.2. The van der Waals surface area contributed by atoms with Gasteiger partial charge in [-0.15, -0.1) is 44.2 Å². The average Bonchev–Trinajstić information content (AvgIpc) is 3.83. The number of nitrogens with zero attached hydrogens (tertiary/aromatic N) is 8. The van der Waals surface area contributed by atoms with Crippen LogP contribution in [0.15, 0.2) is 43.5 Å². The third-order valence-corrected chi connectivity index (χ3v) is 11.6. The van der Waals surface area contributed by atoms with Crippen molar-refractivity contribution < 1.29 is 120 Å².